The van der Waals surface area contributed by atoms with E-state index in [1.165, 1.54) is 11.1 Å². The second-order valence-corrected chi connectivity index (χ2v) is 3.05. The zero-order chi connectivity index (χ0) is 10.9. The fourth-order valence-corrected chi connectivity index (χ4v) is 1.26. The first kappa shape index (κ1) is 15.3. The predicted molar refractivity (Wildman–Crippen MR) is 64.5 cm³/mol. The topological polar surface area (TPSA) is 37.3 Å². The molecule has 16 heavy (non-hydrogen) atoms. The molecular weight excluding hydrogens is 272 g/mol. The van der Waals surface area contributed by atoms with E-state index in [1.807, 2.05) is 12.1 Å². The summed E-state index contributed by atoms with van der Waals surface area (Å²) in [6.45, 7) is 0. The van der Waals surface area contributed by atoms with Crippen LogP contribution in [0.1, 0.15) is 0 Å². The zero-order valence-electron chi connectivity index (χ0n) is 8.91. The van der Waals surface area contributed by atoms with Gasteiger partial charge in [0.1, 0.15) is 0 Å². The standard InChI is InChI=1S/C12H10.H3O2P.Zn/c1-3-7-11(8-4-1)12-9-5-2-6-10-12;1-3-2;/h1-10H;3H2,(H,1,2);. The third-order valence-electron chi connectivity index (χ3n) is 1.88. The molecule has 2 aromatic carbocycles. The van der Waals surface area contributed by atoms with Crippen LogP contribution >= 0.6 is 8.69 Å². The van der Waals surface area contributed by atoms with Gasteiger partial charge in [-0.25, -0.2) is 0 Å². The summed E-state index contributed by atoms with van der Waals surface area (Å²) in [5.41, 5.74) is 2.55. The number of hydrogen-bond donors (Lipinski definition) is 1. The molecular formula is C12H13O2PZn. The Bertz CT molecular complexity index is 355. The summed E-state index contributed by atoms with van der Waals surface area (Å²) in [5, 5.41) is 0. The van der Waals surface area contributed by atoms with Gasteiger partial charge in [0.25, 0.3) is 0 Å². The van der Waals surface area contributed by atoms with Crippen molar-refractivity contribution in [2.75, 3.05) is 0 Å². The van der Waals surface area contributed by atoms with Crippen LogP contribution in [0.5, 0.6) is 0 Å². The van der Waals surface area contributed by atoms with E-state index < -0.39 is 8.69 Å². The first-order chi connectivity index (χ1) is 7.38. The van der Waals surface area contributed by atoms with Gasteiger partial charge in [0, 0.05) is 19.5 Å². The molecule has 0 saturated carbocycles. The van der Waals surface area contributed by atoms with Crippen molar-refractivity contribution in [3.05, 3.63) is 60.7 Å². The summed E-state index contributed by atoms with van der Waals surface area (Å²) in [5.74, 6) is 0. The molecule has 1 atom stereocenters. The van der Waals surface area contributed by atoms with Crippen molar-refractivity contribution >= 4 is 8.69 Å². The second kappa shape index (κ2) is 9.48. The average molecular weight is 286 g/mol. The van der Waals surface area contributed by atoms with Crippen molar-refractivity contribution in [2.45, 2.75) is 0 Å². The molecule has 0 bridgehead atoms. The van der Waals surface area contributed by atoms with Gasteiger partial charge >= 0.3 is 0 Å². The summed E-state index contributed by atoms with van der Waals surface area (Å²) in [6.07, 6.45) is 0. The molecule has 2 aromatic rings. The van der Waals surface area contributed by atoms with Gasteiger partial charge in [-0.1, -0.05) is 60.7 Å². The maximum absolute atomic E-state index is 8.57. The first-order valence-corrected chi connectivity index (χ1v) is 5.55. The summed E-state index contributed by atoms with van der Waals surface area (Å²) in [7, 11) is -1.50. The molecule has 80 valence electrons. The molecule has 0 fully saturated rings. The van der Waals surface area contributed by atoms with Gasteiger partial charge in [0.2, 0.25) is 0 Å². The van der Waals surface area contributed by atoms with Crippen LogP contribution in [0.2, 0.25) is 0 Å². The van der Waals surface area contributed by atoms with Crippen molar-refractivity contribution in [1.82, 2.24) is 0 Å². The Morgan fingerprint density at radius 2 is 1.00 bits per heavy atom. The van der Waals surface area contributed by atoms with Gasteiger partial charge in [-0.15, -0.1) is 0 Å². The fraction of sp³-hybridized carbons (Fsp3) is 0. The molecule has 0 aliphatic heterocycles. The minimum absolute atomic E-state index is 0. The van der Waals surface area contributed by atoms with Gasteiger partial charge < -0.3 is 4.89 Å². The van der Waals surface area contributed by atoms with E-state index in [0.717, 1.165) is 0 Å². The van der Waals surface area contributed by atoms with E-state index >= 15 is 0 Å². The molecule has 1 unspecified atom stereocenters. The van der Waals surface area contributed by atoms with Crippen LogP contribution in [-0.4, -0.2) is 4.89 Å². The number of hydrogen-bond acceptors (Lipinski definition) is 1. The quantitative estimate of drug-likeness (QED) is 0.646. The normalized spacial score (nSPS) is 9.06. The summed E-state index contributed by atoms with van der Waals surface area (Å²) in [6, 6.07) is 20.8. The van der Waals surface area contributed by atoms with Crippen molar-refractivity contribution in [1.29, 1.82) is 0 Å². The molecule has 1 N–H and O–H groups in total. The molecule has 0 amide bonds. The van der Waals surface area contributed by atoms with E-state index in [-0.39, 0.29) is 19.5 Å². The maximum Gasteiger partial charge on any atom is 0.177 e. The molecule has 0 saturated heterocycles. The van der Waals surface area contributed by atoms with Crippen LogP contribution in [0.25, 0.3) is 11.1 Å². The van der Waals surface area contributed by atoms with Gasteiger partial charge in [0.05, 0.1) is 0 Å². The van der Waals surface area contributed by atoms with Crippen molar-refractivity contribution in [3.8, 4) is 11.1 Å². The summed E-state index contributed by atoms with van der Waals surface area (Å²) < 4.78 is 8.57. The monoisotopic (exact) mass is 284 g/mol. The van der Waals surface area contributed by atoms with Crippen molar-refractivity contribution in [3.63, 3.8) is 0 Å². The first-order valence-electron chi connectivity index (χ1n) is 4.57. The molecule has 0 spiro atoms. The molecule has 2 nitrogen and oxygen atoms in total. The third-order valence-corrected chi connectivity index (χ3v) is 1.88. The van der Waals surface area contributed by atoms with E-state index in [4.69, 9.17) is 9.46 Å². The molecule has 4 heteroatoms. The fourth-order valence-electron chi connectivity index (χ4n) is 1.26. The van der Waals surface area contributed by atoms with E-state index in [2.05, 4.69) is 48.5 Å². The largest absolute Gasteiger partial charge is 0.348 e. The minimum atomic E-state index is -1.50. The van der Waals surface area contributed by atoms with Gasteiger partial charge in [-0.2, -0.15) is 0 Å². The van der Waals surface area contributed by atoms with Crippen molar-refractivity contribution < 1.29 is 28.9 Å². The molecule has 0 radical (unpaired) electrons. The van der Waals surface area contributed by atoms with Crippen LogP contribution in [-0.2, 0) is 24.0 Å². The van der Waals surface area contributed by atoms with E-state index in [1.54, 1.807) is 0 Å². The van der Waals surface area contributed by atoms with E-state index in [0.29, 0.717) is 0 Å². The van der Waals surface area contributed by atoms with Gasteiger partial charge in [0.15, 0.2) is 8.69 Å². The molecule has 0 aliphatic carbocycles. The molecule has 0 aliphatic rings. The van der Waals surface area contributed by atoms with Crippen LogP contribution in [0, 0.1) is 0 Å². The number of benzene rings is 2. The van der Waals surface area contributed by atoms with Crippen molar-refractivity contribution in [2.24, 2.45) is 0 Å². The van der Waals surface area contributed by atoms with Gasteiger partial charge in [-0.3, -0.25) is 4.57 Å². The van der Waals surface area contributed by atoms with Crippen LogP contribution in [0.15, 0.2) is 60.7 Å². The Balaban J connectivity index is 0.000000511. The maximum atomic E-state index is 8.57. The van der Waals surface area contributed by atoms with Crippen LogP contribution < -0.4 is 0 Å². The molecule has 0 aromatic heterocycles. The SMILES string of the molecule is O=[PH2]O.[Zn].c1ccc(-c2ccccc2)cc1. The van der Waals surface area contributed by atoms with Gasteiger partial charge in [-0.05, 0) is 11.1 Å². The Morgan fingerprint density at radius 1 is 0.750 bits per heavy atom. The minimum Gasteiger partial charge on any atom is -0.348 e. The third kappa shape index (κ3) is 5.37. The van der Waals surface area contributed by atoms with E-state index in [9.17, 15) is 0 Å². The Hall–Kier alpha value is -0.747. The van der Waals surface area contributed by atoms with Crippen LogP contribution in [0.3, 0.4) is 0 Å². The predicted octanol–water partition coefficient (Wildman–Crippen LogP) is 3.00. The molecule has 2 rings (SSSR count). The Morgan fingerprint density at radius 3 is 1.25 bits per heavy atom. The Labute approximate surface area is 109 Å². The average Bonchev–Trinajstić information content (AvgIpc) is 2.32. The number of rotatable bonds is 1. The Kier molecular flexibility index (Phi) is 9.04. The van der Waals surface area contributed by atoms with Crippen LogP contribution in [0.4, 0.5) is 0 Å². The summed E-state index contributed by atoms with van der Waals surface area (Å²) >= 11 is 0. The summed E-state index contributed by atoms with van der Waals surface area (Å²) in [4.78, 5) is 7.10. The smallest absolute Gasteiger partial charge is 0.177 e. The second-order valence-electron chi connectivity index (χ2n) is 2.84. The molecule has 0 heterocycles. The zero-order valence-corrected chi connectivity index (χ0v) is 13.0.